The van der Waals surface area contributed by atoms with Gasteiger partial charge in [-0.15, -0.1) is 6.58 Å². The maximum absolute atomic E-state index is 13.2. The van der Waals surface area contributed by atoms with Crippen LogP contribution in [-0.2, 0) is 13.0 Å². The molecule has 2 aliphatic rings. The first-order valence-corrected chi connectivity index (χ1v) is 9.98. The molecule has 152 valence electrons. The van der Waals surface area contributed by atoms with E-state index in [2.05, 4.69) is 31.7 Å². The molecular formula is C20H25N7O2. The fourth-order valence-corrected chi connectivity index (χ4v) is 3.84. The zero-order chi connectivity index (χ0) is 20.2. The molecule has 2 amide bonds. The van der Waals surface area contributed by atoms with Crippen LogP contribution < -0.4 is 10.2 Å². The molecule has 0 bridgehead atoms. The lowest BCUT2D eigenvalue weighted by molar-refractivity contribution is 0.0727. The van der Waals surface area contributed by atoms with Crippen LogP contribution in [-0.4, -0.2) is 69.0 Å². The number of nitrogens with zero attached hydrogens (tertiary/aromatic N) is 6. The molecule has 0 unspecified atom stereocenters. The molecule has 2 aromatic heterocycles. The molecule has 2 aliphatic heterocycles. The highest BCUT2D eigenvalue weighted by atomic mass is 16.2. The molecule has 0 atom stereocenters. The number of piperazine rings is 1. The Bertz CT molecular complexity index is 901. The van der Waals surface area contributed by atoms with Crippen LogP contribution in [0.2, 0.25) is 0 Å². The van der Waals surface area contributed by atoms with Gasteiger partial charge in [-0.1, -0.05) is 6.08 Å². The van der Waals surface area contributed by atoms with Crippen molar-refractivity contribution in [2.45, 2.75) is 25.8 Å². The zero-order valence-corrected chi connectivity index (χ0v) is 16.4. The summed E-state index contributed by atoms with van der Waals surface area (Å²) in [5, 5.41) is 2.78. The number of amides is 2. The van der Waals surface area contributed by atoms with Crippen LogP contribution in [0.4, 0.5) is 5.95 Å². The summed E-state index contributed by atoms with van der Waals surface area (Å²) in [5.74, 6) is 0.678. The predicted molar refractivity (Wildman–Crippen MR) is 108 cm³/mol. The van der Waals surface area contributed by atoms with Gasteiger partial charge in [0.15, 0.2) is 5.82 Å². The summed E-state index contributed by atoms with van der Waals surface area (Å²) in [6.45, 7) is 7.17. The first-order valence-electron chi connectivity index (χ1n) is 9.98. The number of hydrogen-bond donors (Lipinski definition) is 1. The Hall–Kier alpha value is -3.23. The smallest absolute Gasteiger partial charge is 0.290 e. The summed E-state index contributed by atoms with van der Waals surface area (Å²) < 4.78 is 1.93. The van der Waals surface area contributed by atoms with E-state index < -0.39 is 0 Å². The summed E-state index contributed by atoms with van der Waals surface area (Å²) in [5.41, 5.74) is 1.23. The highest BCUT2D eigenvalue weighted by Crippen LogP contribution is 2.22. The van der Waals surface area contributed by atoms with E-state index >= 15 is 0 Å². The van der Waals surface area contributed by atoms with Crippen LogP contribution in [0.5, 0.6) is 0 Å². The molecule has 0 aliphatic carbocycles. The summed E-state index contributed by atoms with van der Waals surface area (Å²) in [6.07, 6.45) is 7.80. The Labute approximate surface area is 169 Å². The fraction of sp³-hybridized carbons (Fsp3) is 0.450. The minimum atomic E-state index is -0.249. The molecule has 29 heavy (non-hydrogen) atoms. The van der Waals surface area contributed by atoms with Gasteiger partial charge in [0, 0.05) is 51.7 Å². The second kappa shape index (κ2) is 8.42. The van der Waals surface area contributed by atoms with Crippen LogP contribution in [0, 0.1) is 0 Å². The van der Waals surface area contributed by atoms with E-state index in [1.165, 1.54) is 0 Å². The summed E-state index contributed by atoms with van der Waals surface area (Å²) in [7, 11) is 0. The first-order chi connectivity index (χ1) is 14.2. The topological polar surface area (TPSA) is 96.2 Å². The third kappa shape index (κ3) is 3.85. The van der Waals surface area contributed by atoms with Gasteiger partial charge in [0.1, 0.15) is 5.69 Å². The molecule has 0 aromatic carbocycles. The Morgan fingerprint density at radius 1 is 1.10 bits per heavy atom. The number of anilines is 1. The zero-order valence-electron chi connectivity index (χ0n) is 16.4. The lowest BCUT2D eigenvalue weighted by Crippen LogP contribution is -2.49. The van der Waals surface area contributed by atoms with Crippen LogP contribution in [0.3, 0.4) is 0 Å². The van der Waals surface area contributed by atoms with Crippen LogP contribution in [0.25, 0.3) is 0 Å². The van der Waals surface area contributed by atoms with Crippen molar-refractivity contribution < 1.29 is 9.59 Å². The van der Waals surface area contributed by atoms with Gasteiger partial charge < -0.3 is 19.7 Å². The lowest BCUT2D eigenvalue weighted by atomic mass is 10.1. The highest BCUT2D eigenvalue weighted by molar-refractivity contribution is 5.97. The van der Waals surface area contributed by atoms with Gasteiger partial charge in [0.2, 0.25) is 5.95 Å². The normalized spacial score (nSPS) is 16.3. The molecule has 9 heteroatoms. The van der Waals surface area contributed by atoms with Gasteiger partial charge in [-0.3, -0.25) is 9.59 Å². The first kappa shape index (κ1) is 19.1. The third-order valence-corrected chi connectivity index (χ3v) is 5.33. The maximum atomic E-state index is 13.2. The van der Waals surface area contributed by atoms with Crippen molar-refractivity contribution in [1.29, 1.82) is 0 Å². The molecule has 1 fully saturated rings. The summed E-state index contributed by atoms with van der Waals surface area (Å²) >= 11 is 0. The average Bonchev–Trinajstić information content (AvgIpc) is 3.17. The van der Waals surface area contributed by atoms with Crippen molar-refractivity contribution >= 4 is 17.8 Å². The number of carbonyl (C=O) groups is 2. The summed E-state index contributed by atoms with van der Waals surface area (Å²) in [4.78, 5) is 42.6. The Morgan fingerprint density at radius 3 is 2.59 bits per heavy atom. The van der Waals surface area contributed by atoms with Crippen molar-refractivity contribution in [3.05, 3.63) is 48.3 Å². The van der Waals surface area contributed by atoms with E-state index in [1.807, 2.05) is 4.57 Å². The molecular weight excluding hydrogens is 370 g/mol. The van der Waals surface area contributed by atoms with E-state index in [0.29, 0.717) is 50.2 Å². The number of fused-ring (bicyclic) bond motifs is 1. The molecule has 0 radical (unpaired) electrons. The minimum absolute atomic E-state index is 0.121. The number of hydrogen-bond acceptors (Lipinski definition) is 6. The van der Waals surface area contributed by atoms with Crippen molar-refractivity contribution in [1.82, 2.24) is 29.7 Å². The Kier molecular flexibility index (Phi) is 5.55. The fourth-order valence-electron chi connectivity index (χ4n) is 3.84. The van der Waals surface area contributed by atoms with Gasteiger partial charge in [-0.2, -0.15) is 0 Å². The van der Waals surface area contributed by atoms with E-state index in [4.69, 9.17) is 0 Å². The number of aromatic nitrogens is 4. The second-order valence-corrected chi connectivity index (χ2v) is 7.17. The van der Waals surface area contributed by atoms with Gasteiger partial charge in [0.05, 0.1) is 5.69 Å². The van der Waals surface area contributed by atoms with Gasteiger partial charge in [0.25, 0.3) is 11.8 Å². The SMILES string of the molecule is C=CCNC(=O)c1nc(C(=O)N2CCN(c3ncccn3)CC2)n2c1CCCC2. The van der Waals surface area contributed by atoms with E-state index in [1.54, 1.807) is 29.4 Å². The standard InChI is InChI=1S/C20H25N7O2/c1-2-7-21-18(28)16-15-6-3-4-10-27(15)17(24-16)19(29)25-11-13-26(14-12-25)20-22-8-5-9-23-20/h2,5,8-9H,1,3-4,6-7,10-14H2,(H,21,28). The van der Waals surface area contributed by atoms with E-state index in [-0.39, 0.29) is 11.8 Å². The monoisotopic (exact) mass is 395 g/mol. The molecule has 4 rings (SSSR count). The number of nitrogens with one attached hydrogen (secondary N) is 1. The molecule has 2 aromatic rings. The van der Waals surface area contributed by atoms with Crippen molar-refractivity contribution in [2.75, 3.05) is 37.6 Å². The highest BCUT2D eigenvalue weighted by Gasteiger charge is 2.31. The van der Waals surface area contributed by atoms with Crippen LogP contribution in [0.15, 0.2) is 31.1 Å². The van der Waals surface area contributed by atoms with Gasteiger partial charge in [-0.05, 0) is 25.3 Å². The largest absolute Gasteiger partial charge is 0.347 e. The quantitative estimate of drug-likeness (QED) is 0.756. The molecule has 0 spiro atoms. The number of imidazole rings is 1. The van der Waals surface area contributed by atoms with Crippen molar-refractivity contribution in [2.24, 2.45) is 0 Å². The van der Waals surface area contributed by atoms with Crippen molar-refractivity contribution in [3.8, 4) is 0 Å². The molecule has 0 saturated carbocycles. The number of rotatable bonds is 5. The molecule has 9 nitrogen and oxygen atoms in total. The minimum Gasteiger partial charge on any atom is -0.347 e. The van der Waals surface area contributed by atoms with E-state index in [9.17, 15) is 9.59 Å². The molecule has 4 heterocycles. The molecule has 1 saturated heterocycles. The average molecular weight is 395 g/mol. The Morgan fingerprint density at radius 2 is 1.86 bits per heavy atom. The van der Waals surface area contributed by atoms with Gasteiger partial charge in [-0.25, -0.2) is 15.0 Å². The summed E-state index contributed by atoms with van der Waals surface area (Å²) in [6, 6.07) is 1.79. The lowest BCUT2D eigenvalue weighted by Gasteiger charge is -2.34. The third-order valence-electron chi connectivity index (χ3n) is 5.33. The van der Waals surface area contributed by atoms with Crippen LogP contribution in [0.1, 0.15) is 39.6 Å². The predicted octanol–water partition coefficient (Wildman–Crippen LogP) is 0.888. The maximum Gasteiger partial charge on any atom is 0.290 e. The molecule has 1 N–H and O–H groups in total. The Balaban J connectivity index is 1.51. The van der Waals surface area contributed by atoms with Gasteiger partial charge >= 0.3 is 0 Å². The van der Waals surface area contributed by atoms with Crippen molar-refractivity contribution in [3.63, 3.8) is 0 Å². The van der Waals surface area contributed by atoms with E-state index in [0.717, 1.165) is 31.5 Å². The number of carbonyl (C=O) groups excluding carboxylic acids is 2. The van der Waals surface area contributed by atoms with Crippen LogP contribution >= 0.6 is 0 Å². The second-order valence-electron chi connectivity index (χ2n) is 7.17.